The van der Waals surface area contributed by atoms with Crippen LogP contribution in [-0.4, -0.2) is 10.3 Å². The van der Waals surface area contributed by atoms with E-state index in [0.29, 0.717) is 5.56 Å². The van der Waals surface area contributed by atoms with E-state index in [1.807, 2.05) is 0 Å². The average Bonchev–Trinajstić information content (AvgIpc) is 2.12. The maximum absolute atomic E-state index is 12.7. The minimum Gasteiger partial charge on any atom is -0.227 e. The summed E-state index contributed by atoms with van der Waals surface area (Å²) in [5.74, 6) is 5.42. The number of alkyl halides is 1. The van der Waals surface area contributed by atoms with Crippen molar-refractivity contribution in [2.24, 2.45) is 0 Å². The van der Waals surface area contributed by atoms with Gasteiger partial charge in [0.15, 0.2) is 0 Å². The van der Waals surface area contributed by atoms with E-state index in [1.54, 1.807) is 13.0 Å². The minimum absolute atomic E-state index is 0.425. The van der Waals surface area contributed by atoms with Crippen molar-refractivity contribution < 1.29 is 4.39 Å². The average molecular weight is 242 g/mol. The summed E-state index contributed by atoms with van der Waals surface area (Å²) >= 11 is 3.27. The smallest absolute Gasteiger partial charge is 0.215 e. The predicted molar refractivity (Wildman–Crippen MR) is 54.2 cm³/mol. The van der Waals surface area contributed by atoms with Crippen LogP contribution >= 0.6 is 15.9 Å². The number of aryl methyl sites for hydroxylation is 1. The summed E-state index contributed by atoms with van der Waals surface area (Å²) in [5, 5.41) is 0.855. The summed E-state index contributed by atoms with van der Waals surface area (Å²) in [6.07, 6.45) is 2.24. The summed E-state index contributed by atoms with van der Waals surface area (Å²) in [4.78, 5) is 3.58. The van der Waals surface area contributed by atoms with E-state index < -0.39 is 5.95 Å². The molecule has 0 fully saturated rings. The highest BCUT2D eigenvalue weighted by atomic mass is 79.9. The van der Waals surface area contributed by atoms with Crippen LogP contribution in [0.25, 0.3) is 0 Å². The monoisotopic (exact) mass is 241 g/mol. The van der Waals surface area contributed by atoms with Crippen molar-refractivity contribution >= 4 is 15.9 Å². The van der Waals surface area contributed by atoms with Crippen LogP contribution in [0.4, 0.5) is 4.39 Å². The van der Waals surface area contributed by atoms with Gasteiger partial charge in [-0.25, -0.2) is 4.98 Å². The van der Waals surface area contributed by atoms with E-state index in [4.69, 9.17) is 0 Å². The summed E-state index contributed by atoms with van der Waals surface area (Å²) in [6, 6.07) is 1.70. The Labute approximate surface area is 85.5 Å². The molecule has 0 saturated carbocycles. The van der Waals surface area contributed by atoms with Crippen LogP contribution in [0.1, 0.15) is 17.5 Å². The molecule has 1 nitrogen and oxygen atoms in total. The topological polar surface area (TPSA) is 12.9 Å². The molecule has 1 aromatic rings. The molecule has 0 aliphatic carbocycles. The second-order valence-corrected chi connectivity index (χ2v) is 3.37. The van der Waals surface area contributed by atoms with Crippen molar-refractivity contribution in [3.05, 3.63) is 29.3 Å². The van der Waals surface area contributed by atoms with Gasteiger partial charge in [-0.2, -0.15) is 4.39 Å². The third-order valence-corrected chi connectivity index (χ3v) is 1.86. The van der Waals surface area contributed by atoms with Gasteiger partial charge in [-0.15, -0.1) is 0 Å². The molecule has 0 unspecified atom stereocenters. The molecular formula is C10H9BrFN. The highest BCUT2D eigenvalue weighted by Gasteiger charge is 1.97. The molecule has 3 heteroatoms. The molecule has 1 rings (SSSR count). The lowest BCUT2D eigenvalue weighted by Crippen LogP contribution is -1.88. The first kappa shape index (κ1) is 10.2. The van der Waals surface area contributed by atoms with E-state index in [0.717, 1.165) is 17.3 Å². The van der Waals surface area contributed by atoms with Crippen LogP contribution in [0.3, 0.4) is 0 Å². The second kappa shape index (κ2) is 4.98. The fourth-order valence-corrected chi connectivity index (χ4v) is 1.04. The number of pyridine rings is 1. The SMILES string of the molecule is Cc1cc(C#CCCBr)cnc1F. The van der Waals surface area contributed by atoms with Crippen molar-refractivity contribution in [3.63, 3.8) is 0 Å². The largest absolute Gasteiger partial charge is 0.227 e. The van der Waals surface area contributed by atoms with Crippen molar-refractivity contribution in [1.29, 1.82) is 0 Å². The van der Waals surface area contributed by atoms with Crippen molar-refractivity contribution in [2.45, 2.75) is 13.3 Å². The Morgan fingerprint density at radius 3 is 3.00 bits per heavy atom. The standard InChI is InChI=1S/C10H9BrFN/c1-8-6-9(4-2-3-5-11)7-13-10(8)12/h6-7H,3,5H2,1H3. The fraction of sp³-hybridized carbons (Fsp3) is 0.300. The zero-order valence-electron chi connectivity index (χ0n) is 7.27. The van der Waals surface area contributed by atoms with E-state index in [2.05, 4.69) is 32.8 Å². The van der Waals surface area contributed by atoms with Crippen LogP contribution < -0.4 is 0 Å². The number of rotatable bonds is 1. The molecule has 1 heterocycles. The van der Waals surface area contributed by atoms with Gasteiger partial charge in [-0.05, 0) is 13.0 Å². The molecule has 0 radical (unpaired) electrons. The van der Waals surface area contributed by atoms with E-state index in [9.17, 15) is 4.39 Å². The summed E-state index contributed by atoms with van der Waals surface area (Å²) in [7, 11) is 0. The van der Waals surface area contributed by atoms with Crippen molar-refractivity contribution in [3.8, 4) is 11.8 Å². The van der Waals surface area contributed by atoms with Crippen LogP contribution in [0.15, 0.2) is 12.3 Å². The highest BCUT2D eigenvalue weighted by Crippen LogP contribution is 2.04. The molecule has 68 valence electrons. The third kappa shape index (κ3) is 3.16. The van der Waals surface area contributed by atoms with Gasteiger partial charge < -0.3 is 0 Å². The predicted octanol–water partition coefficient (Wildman–Crippen LogP) is 2.67. The third-order valence-electron chi connectivity index (χ3n) is 1.47. The van der Waals surface area contributed by atoms with Gasteiger partial charge in [0.1, 0.15) is 0 Å². The Balaban J connectivity index is 2.81. The zero-order valence-corrected chi connectivity index (χ0v) is 8.86. The molecule has 0 bridgehead atoms. The lowest BCUT2D eigenvalue weighted by molar-refractivity contribution is 0.574. The summed E-state index contributed by atoms with van der Waals surface area (Å²) < 4.78 is 12.7. The molecule has 1 aromatic heterocycles. The molecule has 0 amide bonds. The number of nitrogens with zero attached hydrogens (tertiary/aromatic N) is 1. The van der Waals surface area contributed by atoms with E-state index in [-0.39, 0.29) is 0 Å². The quantitative estimate of drug-likeness (QED) is 0.419. The van der Waals surface area contributed by atoms with Crippen LogP contribution in [-0.2, 0) is 0 Å². The Kier molecular flexibility index (Phi) is 3.91. The first-order valence-electron chi connectivity index (χ1n) is 3.91. The van der Waals surface area contributed by atoms with Crippen molar-refractivity contribution in [2.75, 3.05) is 5.33 Å². The molecule has 0 N–H and O–H groups in total. The van der Waals surface area contributed by atoms with Gasteiger partial charge in [0.25, 0.3) is 0 Å². The van der Waals surface area contributed by atoms with Crippen LogP contribution in [0, 0.1) is 24.7 Å². The lowest BCUT2D eigenvalue weighted by atomic mass is 10.2. The molecule has 0 aliphatic rings. The molecule has 0 aliphatic heterocycles. The Hall–Kier alpha value is -0.880. The fourth-order valence-electron chi connectivity index (χ4n) is 0.838. The van der Waals surface area contributed by atoms with Gasteiger partial charge in [-0.1, -0.05) is 27.8 Å². The Bertz CT molecular complexity index is 352. The molecule has 0 spiro atoms. The summed E-state index contributed by atoms with van der Waals surface area (Å²) in [6.45, 7) is 1.68. The first-order valence-corrected chi connectivity index (χ1v) is 5.03. The molecule has 13 heavy (non-hydrogen) atoms. The summed E-state index contributed by atoms with van der Waals surface area (Å²) in [5.41, 5.74) is 1.30. The van der Waals surface area contributed by atoms with E-state index in [1.165, 1.54) is 6.20 Å². The van der Waals surface area contributed by atoms with Gasteiger partial charge >= 0.3 is 0 Å². The molecule has 0 atom stereocenters. The maximum atomic E-state index is 12.7. The Morgan fingerprint density at radius 2 is 2.38 bits per heavy atom. The normalized spacial score (nSPS) is 9.15. The van der Waals surface area contributed by atoms with Gasteiger partial charge in [0.2, 0.25) is 5.95 Å². The second-order valence-electron chi connectivity index (χ2n) is 2.57. The first-order chi connectivity index (χ1) is 6.24. The van der Waals surface area contributed by atoms with Crippen LogP contribution in [0.5, 0.6) is 0 Å². The zero-order chi connectivity index (χ0) is 9.68. The lowest BCUT2D eigenvalue weighted by Gasteiger charge is -1.94. The van der Waals surface area contributed by atoms with Crippen molar-refractivity contribution in [1.82, 2.24) is 4.98 Å². The number of hydrogen-bond donors (Lipinski definition) is 0. The number of hydrogen-bond acceptors (Lipinski definition) is 1. The highest BCUT2D eigenvalue weighted by molar-refractivity contribution is 9.09. The maximum Gasteiger partial charge on any atom is 0.215 e. The number of halogens is 2. The Morgan fingerprint density at radius 1 is 1.62 bits per heavy atom. The van der Waals surface area contributed by atoms with E-state index >= 15 is 0 Å². The minimum atomic E-state index is -0.425. The number of aromatic nitrogens is 1. The van der Waals surface area contributed by atoms with Crippen LogP contribution in [0.2, 0.25) is 0 Å². The molecule has 0 aromatic carbocycles. The van der Waals surface area contributed by atoms with Gasteiger partial charge in [-0.3, -0.25) is 0 Å². The molecular weight excluding hydrogens is 233 g/mol. The van der Waals surface area contributed by atoms with Gasteiger partial charge in [0, 0.05) is 29.1 Å². The molecule has 0 saturated heterocycles. The van der Waals surface area contributed by atoms with Gasteiger partial charge in [0.05, 0.1) is 0 Å².